The van der Waals surface area contributed by atoms with Crippen molar-refractivity contribution in [2.24, 2.45) is 5.73 Å². The highest BCUT2D eigenvalue weighted by atomic mass is 15.2. The lowest BCUT2D eigenvalue weighted by Crippen LogP contribution is -2.38. The predicted molar refractivity (Wildman–Crippen MR) is 67.5 cm³/mol. The maximum Gasteiger partial charge on any atom is 0.0383 e. The van der Waals surface area contributed by atoms with Crippen molar-refractivity contribution < 1.29 is 0 Å². The number of nitrogens with zero attached hydrogens (tertiary/aromatic N) is 1. The molecule has 0 amide bonds. The van der Waals surface area contributed by atoms with Crippen LogP contribution in [-0.2, 0) is 0 Å². The van der Waals surface area contributed by atoms with Gasteiger partial charge < -0.3 is 10.6 Å². The summed E-state index contributed by atoms with van der Waals surface area (Å²) >= 11 is 0. The minimum atomic E-state index is 0.400. The molecule has 2 nitrogen and oxygen atoms in total. The molecule has 1 aromatic rings. The van der Waals surface area contributed by atoms with Gasteiger partial charge in [-0.3, -0.25) is 0 Å². The van der Waals surface area contributed by atoms with Crippen molar-refractivity contribution >= 4 is 5.69 Å². The van der Waals surface area contributed by atoms with E-state index in [1.807, 2.05) is 0 Å². The fourth-order valence-corrected chi connectivity index (χ4v) is 1.78. The summed E-state index contributed by atoms with van der Waals surface area (Å²) < 4.78 is 0. The Labute approximate surface area is 93.1 Å². The van der Waals surface area contributed by atoms with E-state index in [-0.39, 0.29) is 0 Å². The largest absolute Gasteiger partial charge is 0.368 e. The number of rotatable bonds is 4. The molecular formula is C13H22N2. The second-order valence-electron chi connectivity index (χ2n) is 4.14. The smallest absolute Gasteiger partial charge is 0.0383 e. The summed E-state index contributed by atoms with van der Waals surface area (Å²) in [4.78, 5) is 2.34. The summed E-state index contributed by atoms with van der Waals surface area (Å²) in [7, 11) is 0. The maximum absolute atomic E-state index is 5.71. The van der Waals surface area contributed by atoms with Gasteiger partial charge in [0.1, 0.15) is 0 Å². The average molecular weight is 206 g/mol. The molecule has 0 aromatic heterocycles. The Kier molecular flexibility index (Phi) is 4.15. The van der Waals surface area contributed by atoms with Crippen molar-refractivity contribution in [3.05, 3.63) is 29.3 Å². The highest BCUT2D eigenvalue weighted by Gasteiger charge is 2.11. The first-order valence-corrected chi connectivity index (χ1v) is 5.64. The normalized spacial score (nSPS) is 12.6. The molecule has 0 saturated carbocycles. The fourth-order valence-electron chi connectivity index (χ4n) is 1.78. The van der Waals surface area contributed by atoms with E-state index in [1.165, 1.54) is 16.8 Å². The zero-order chi connectivity index (χ0) is 11.4. The van der Waals surface area contributed by atoms with E-state index in [4.69, 9.17) is 5.73 Å². The topological polar surface area (TPSA) is 29.3 Å². The molecule has 2 N–H and O–H groups in total. The van der Waals surface area contributed by atoms with Crippen LogP contribution in [0.25, 0.3) is 0 Å². The molecule has 0 aliphatic heterocycles. The standard InChI is InChI=1S/C13H22N2/c1-5-15(12(4)9-14)13-7-6-10(2)11(3)8-13/h6-8,12H,5,9,14H2,1-4H3. The monoisotopic (exact) mass is 206 g/mol. The Morgan fingerprint density at radius 2 is 1.93 bits per heavy atom. The number of likely N-dealkylation sites (N-methyl/N-ethyl adjacent to an activating group) is 1. The van der Waals surface area contributed by atoms with Crippen LogP contribution in [0.4, 0.5) is 5.69 Å². The molecule has 1 unspecified atom stereocenters. The third kappa shape index (κ3) is 2.72. The van der Waals surface area contributed by atoms with Crippen molar-refractivity contribution in [2.75, 3.05) is 18.0 Å². The van der Waals surface area contributed by atoms with E-state index >= 15 is 0 Å². The van der Waals surface area contributed by atoms with Crippen molar-refractivity contribution in [1.82, 2.24) is 0 Å². The SMILES string of the molecule is CCN(c1ccc(C)c(C)c1)C(C)CN. The van der Waals surface area contributed by atoms with Crippen LogP contribution >= 0.6 is 0 Å². The third-order valence-corrected chi connectivity index (χ3v) is 3.04. The summed E-state index contributed by atoms with van der Waals surface area (Å²) in [6.45, 7) is 10.3. The highest BCUT2D eigenvalue weighted by molar-refractivity contribution is 5.51. The van der Waals surface area contributed by atoms with E-state index in [0.717, 1.165) is 6.54 Å². The van der Waals surface area contributed by atoms with E-state index in [2.05, 4.69) is 50.8 Å². The van der Waals surface area contributed by atoms with Crippen LogP contribution in [0.3, 0.4) is 0 Å². The summed E-state index contributed by atoms with van der Waals surface area (Å²) in [5, 5.41) is 0. The van der Waals surface area contributed by atoms with Gasteiger partial charge >= 0.3 is 0 Å². The quantitative estimate of drug-likeness (QED) is 0.820. The summed E-state index contributed by atoms with van der Waals surface area (Å²) in [6, 6.07) is 7.00. The molecule has 84 valence electrons. The summed E-state index contributed by atoms with van der Waals surface area (Å²) in [5.41, 5.74) is 9.67. The first-order valence-electron chi connectivity index (χ1n) is 5.64. The zero-order valence-electron chi connectivity index (χ0n) is 10.2. The third-order valence-electron chi connectivity index (χ3n) is 3.04. The Hall–Kier alpha value is -1.02. The molecule has 1 aromatic carbocycles. The highest BCUT2D eigenvalue weighted by Crippen LogP contribution is 2.20. The van der Waals surface area contributed by atoms with Gasteiger partial charge in [0, 0.05) is 24.8 Å². The number of hydrogen-bond donors (Lipinski definition) is 1. The van der Waals surface area contributed by atoms with E-state index in [1.54, 1.807) is 0 Å². The van der Waals surface area contributed by atoms with Gasteiger partial charge in [0.2, 0.25) is 0 Å². The Balaban J connectivity index is 2.97. The molecular weight excluding hydrogens is 184 g/mol. The molecule has 15 heavy (non-hydrogen) atoms. The van der Waals surface area contributed by atoms with Crippen LogP contribution in [-0.4, -0.2) is 19.1 Å². The second kappa shape index (κ2) is 5.17. The molecule has 0 aliphatic rings. The van der Waals surface area contributed by atoms with Gasteiger partial charge in [-0.25, -0.2) is 0 Å². The Morgan fingerprint density at radius 3 is 2.40 bits per heavy atom. The zero-order valence-corrected chi connectivity index (χ0v) is 10.2. The molecule has 0 radical (unpaired) electrons. The van der Waals surface area contributed by atoms with Gasteiger partial charge in [0.15, 0.2) is 0 Å². The number of aryl methyl sites for hydroxylation is 2. The number of anilines is 1. The number of benzene rings is 1. The van der Waals surface area contributed by atoms with Crippen molar-refractivity contribution in [1.29, 1.82) is 0 Å². The lowest BCUT2D eigenvalue weighted by molar-refractivity contribution is 0.657. The lowest BCUT2D eigenvalue weighted by atomic mass is 10.1. The lowest BCUT2D eigenvalue weighted by Gasteiger charge is -2.29. The van der Waals surface area contributed by atoms with E-state index in [0.29, 0.717) is 12.6 Å². The van der Waals surface area contributed by atoms with Crippen molar-refractivity contribution in [2.45, 2.75) is 33.7 Å². The number of nitrogens with two attached hydrogens (primary N) is 1. The van der Waals surface area contributed by atoms with Gasteiger partial charge in [-0.1, -0.05) is 6.07 Å². The minimum Gasteiger partial charge on any atom is -0.368 e. The molecule has 0 aliphatic carbocycles. The molecule has 0 bridgehead atoms. The Morgan fingerprint density at radius 1 is 1.27 bits per heavy atom. The van der Waals surface area contributed by atoms with Gasteiger partial charge in [0.25, 0.3) is 0 Å². The van der Waals surface area contributed by atoms with Crippen LogP contribution in [0.5, 0.6) is 0 Å². The van der Waals surface area contributed by atoms with Crippen LogP contribution in [0.15, 0.2) is 18.2 Å². The van der Waals surface area contributed by atoms with Crippen LogP contribution in [0, 0.1) is 13.8 Å². The summed E-state index contributed by atoms with van der Waals surface area (Å²) in [6.07, 6.45) is 0. The minimum absolute atomic E-state index is 0.400. The molecule has 1 rings (SSSR count). The van der Waals surface area contributed by atoms with Crippen LogP contribution < -0.4 is 10.6 Å². The van der Waals surface area contributed by atoms with Gasteiger partial charge in [-0.15, -0.1) is 0 Å². The fraction of sp³-hybridized carbons (Fsp3) is 0.538. The second-order valence-corrected chi connectivity index (χ2v) is 4.14. The number of hydrogen-bond acceptors (Lipinski definition) is 2. The van der Waals surface area contributed by atoms with Crippen LogP contribution in [0.2, 0.25) is 0 Å². The molecule has 2 heteroatoms. The van der Waals surface area contributed by atoms with Gasteiger partial charge in [-0.2, -0.15) is 0 Å². The van der Waals surface area contributed by atoms with E-state index in [9.17, 15) is 0 Å². The average Bonchev–Trinajstić information content (AvgIpc) is 2.24. The van der Waals surface area contributed by atoms with Gasteiger partial charge in [0.05, 0.1) is 0 Å². The van der Waals surface area contributed by atoms with Crippen LogP contribution in [0.1, 0.15) is 25.0 Å². The van der Waals surface area contributed by atoms with Crippen molar-refractivity contribution in [3.8, 4) is 0 Å². The summed E-state index contributed by atoms with van der Waals surface area (Å²) in [5.74, 6) is 0. The molecule has 0 saturated heterocycles. The Bertz CT molecular complexity index is 320. The molecule has 1 atom stereocenters. The van der Waals surface area contributed by atoms with E-state index < -0.39 is 0 Å². The van der Waals surface area contributed by atoms with Gasteiger partial charge in [-0.05, 0) is 51.0 Å². The maximum atomic E-state index is 5.71. The first-order chi connectivity index (χ1) is 7.10. The predicted octanol–water partition coefficient (Wildman–Crippen LogP) is 2.48. The van der Waals surface area contributed by atoms with Crippen molar-refractivity contribution in [3.63, 3.8) is 0 Å². The molecule has 0 spiro atoms. The molecule has 0 heterocycles. The molecule has 0 fully saturated rings. The first kappa shape index (κ1) is 12.1.